The van der Waals surface area contributed by atoms with Crippen LogP contribution in [0.15, 0.2) is 47.2 Å². The number of benzene rings is 1. The topological polar surface area (TPSA) is 52.0 Å². The molecule has 18 heavy (non-hydrogen) atoms. The van der Waals surface area contributed by atoms with Gasteiger partial charge in [-0.15, -0.1) is 22.7 Å². The van der Waals surface area contributed by atoms with Crippen molar-refractivity contribution in [3.05, 3.63) is 47.2 Å². The van der Waals surface area contributed by atoms with Gasteiger partial charge in [0.2, 0.25) is 0 Å². The molecule has 3 aromatic rings. The van der Waals surface area contributed by atoms with E-state index in [9.17, 15) is 0 Å². The van der Waals surface area contributed by atoms with Gasteiger partial charge in [0.1, 0.15) is 0 Å². The summed E-state index contributed by atoms with van der Waals surface area (Å²) in [4.78, 5) is 2.43. The lowest BCUT2D eigenvalue weighted by Crippen LogP contribution is -1.96. The Labute approximate surface area is 114 Å². The Morgan fingerprint density at radius 2 is 1.17 bits per heavy atom. The predicted octanol–water partition coefficient (Wildman–Crippen LogP) is 4.31. The van der Waals surface area contributed by atoms with Gasteiger partial charge in [-0.05, 0) is 35.0 Å². The molecule has 1 aromatic carbocycles. The van der Waals surface area contributed by atoms with Crippen molar-refractivity contribution < 1.29 is 0 Å². The minimum Gasteiger partial charge on any atom is -0.397 e. The lowest BCUT2D eigenvalue weighted by molar-refractivity contribution is 1.65. The van der Waals surface area contributed by atoms with Crippen LogP contribution >= 0.6 is 22.7 Å². The summed E-state index contributed by atoms with van der Waals surface area (Å²) in [5.74, 6) is 0. The highest BCUT2D eigenvalue weighted by molar-refractivity contribution is 7.14. The summed E-state index contributed by atoms with van der Waals surface area (Å²) in [5, 5.41) is 4.14. The fourth-order valence-electron chi connectivity index (χ4n) is 1.90. The molecule has 0 fully saturated rings. The Hall–Kier alpha value is -1.78. The van der Waals surface area contributed by atoms with Crippen LogP contribution in [0.3, 0.4) is 0 Å². The zero-order valence-corrected chi connectivity index (χ0v) is 11.2. The molecule has 0 aliphatic heterocycles. The molecule has 0 radical (unpaired) electrons. The second-order valence-corrected chi connectivity index (χ2v) is 5.88. The smallest absolute Gasteiger partial charge is 0.0554 e. The standard InChI is InChI=1S/C14H12N2S2/c15-11-7-9(13-3-1-5-17-13)10(8-12(11)16)14-4-2-6-18-14/h1-8H,15-16H2. The van der Waals surface area contributed by atoms with Crippen LogP contribution in [0, 0.1) is 0 Å². The third kappa shape index (κ3) is 1.89. The number of thiophene rings is 2. The number of hydrogen-bond donors (Lipinski definition) is 2. The van der Waals surface area contributed by atoms with Crippen LogP contribution in [0.1, 0.15) is 0 Å². The molecule has 0 aliphatic carbocycles. The second-order valence-electron chi connectivity index (χ2n) is 3.98. The van der Waals surface area contributed by atoms with Crippen molar-refractivity contribution in [2.45, 2.75) is 0 Å². The molecule has 2 aromatic heterocycles. The highest BCUT2D eigenvalue weighted by atomic mass is 32.1. The number of nitrogen functional groups attached to an aromatic ring is 2. The first-order valence-electron chi connectivity index (χ1n) is 5.52. The minimum atomic E-state index is 0.638. The number of rotatable bonds is 2. The van der Waals surface area contributed by atoms with Crippen molar-refractivity contribution in [1.29, 1.82) is 0 Å². The zero-order chi connectivity index (χ0) is 12.5. The lowest BCUT2D eigenvalue weighted by atomic mass is 10.0. The highest BCUT2D eigenvalue weighted by Crippen LogP contribution is 2.39. The summed E-state index contributed by atoms with van der Waals surface area (Å²) in [6.07, 6.45) is 0. The molecule has 4 heteroatoms. The third-order valence-electron chi connectivity index (χ3n) is 2.80. The summed E-state index contributed by atoms with van der Waals surface area (Å²) in [6, 6.07) is 12.2. The summed E-state index contributed by atoms with van der Waals surface area (Å²) >= 11 is 3.42. The predicted molar refractivity (Wildman–Crippen MR) is 81.9 cm³/mol. The van der Waals surface area contributed by atoms with Gasteiger partial charge in [0.05, 0.1) is 11.4 Å². The fraction of sp³-hybridized carbons (Fsp3) is 0. The summed E-state index contributed by atoms with van der Waals surface area (Å²) in [6.45, 7) is 0. The largest absolute Gasteiger partial charge is 0.397 e. The summed E-state index contributed by atoms with van der Waals surface area (Å²) in [7, 11) is 0. The van der Waals surface area contributed by atoms with E-state index in [-0.39, 0.29) is 0 Å². The third-order valence-corrected chi connectivity index (χ3v) is 4.60. The van der Waals surface area contributed by atoms with Crippen LogP contribution in [0.2, 0.25) is 0 Å². The fourth-order valence-corrected chi connectivity index (χ4v) is 3.42. The molecule has 0 spiro atoms. The average molecular weight is 272 g/mol. The van der Waals surface area contributed by atoms with E-state index in [1.54, 1.807) is 22.7 Å². The monoisotopic (exact) mass is 272 g/mol. The van der Waals surface area contributed by atoms with E-state index in [0.717, 1.165) is 11.1 Å². The van der Waals surface area contributed by atoms with Crippen molar-refractivity contribution in [3.63, 3.8) is 0 Å². The van der Waals surface area contributed by atoms with Gasteiger partial charge in [0.25, 0.3) is 0 Å². The molecule has 0 amide bonds. The molecular formula is C14H12N2S2. The van der Waals surface area contributed by atoms with Gasteiger partial charge in [-0.25, -0.2) is 0 Å². The van der Waals surface area contributed by atoms with E-state index >= 15 is 0 Å². The molecule has 0 saturated carbocycles. The van der Waals surface area contributed by atoms with Gasteiger partial charge in [0, 0.05) is 20.9 Å². The van der Waals surface area contributed by atoms with Gasteiger partial charge >= 0.3 is 0 Å². The molecule has 2 heterocycles. The number of nitrogens with two attached hydrogens (primary N) is 2. The molecule has 0 bridgehead atoms. The Morgan fingerprint density at radius 3 is 1.50 bits per heavy atom. The first-order chi connectivity index (χ1) is 8.75. The van der Waals surface area contributed by atoms with Crippen molar-refractivity contribution in [2.24, 2.45) is 0 Å². The Bertz CT molecular complexity index is 596. The lowest BCUT2D eigenvalue weighted by Gasteiger charge is -2.10. The molecule has 0 saturated heterocycles. The molecule has 0 atom stereocenters. The van der Waals surface area contributed by atoms with Crippen molar-refractivity contribution in [2.75, 3.05) is 11.5 Å². The maximum Gasteiger partial charge on any atom is 0.0554 e. The normalized spacial score (nSPS) is 10.7. The van der Waals surface area contributed by atoms with Gasteiger partial charge in [-0.3, -0.25) is 0 Å². The van der Waals surface area contributed by atoms with E-state index in [0.29, 0.717) is 11.4 Å². The van der Waals surface area contributed by atoms with Crippen LogP contribution in [0.5, 0.6) is 0 Å². The molecule has 90 valence electrons. The first-order valence-corrected chi connectivity index (χ1v) is 7.28. The SMILES string of the molecule is Nc1cc(-c2cccs2)c(-c2cccs2)cc1N. The van der Waals surface area contributed by atoms with Gasteiger partial charge in [-0.1, -0.05) is 12.1 Å². The van der Waals surface area contributed by atoms with Crippen LogP contribution in [0.25, 0.3) is 20.9 Å². The minimum absolute atomic E-state index is 0.638. The molecule has 4 N–H and O–H groups in total. The Morgan fingerprint density at radius 1 is 0.722 bits per heavy atom. The number of hydrogen-bond acceptors (Lipinski definition) is 4. The van der Waals surface area contributed by atoms with Crippen molar-refractivity contribution >= 4 is 34.0 Å². The maximum absolute atomic E-state index is 5.93. The van der Waals surface area contributed by atoms with Crippen LogP contribution < -0.4 is 11.5 Å². The van der Waals surface area contributed by atoms with Gasteiger partial charge in [0.15, 0.2) is 0 Å². The Kier molecular flexibility index (Phi) is 2.81. The Balaban J connectivity index is 2.26. The quantitative estimate of drug-likeness (QED) is 0.683. The molecule has 0 aliphatic rings. The van der Waals surface area contributed by atoms with Gasteiger partial charge in [-0.2, -0.15) is 0 Å². The summed E-state index contributed by atoms with van der Waals surface area (Å²) < 4.78 is 0. The van der Waals surface area contributed by atoms with E-state index in [4.69, 9.17) is 11.5 Å². The van der Waals surface area contributed by atoms with Crippen molar-refractivity contribution in [1.82, 2.24) is 0 Å². The van der Waals surface area contributed by atoms with Crippen LogP contribution in [-0.4, -0.2) is 0 Å². The number of anilines is 2. The molecule has 0 unspecified atom stereocenters. The van der Waals surface area contributed by atoms with Crippen LogP contribution in [0.4, 0.5) is 11.4 Å². The van der Waals surface area contributed by atoms with E-state index in [1.807, 2.05) is 24.3 Å². The first kappa shape index (κ1) is 11.3. The molecule has 2 nitrogen and oxygen atoms in total. The van der Waals surface area contributed by atoms with Gasteiger partial charge < -0.3 is 11.5 Å². The van der Waals surface area contributed by atoms with E-state index < -0.39 is 0 Å². The highest BCUT2D eigenvalue weighted by Gasteiger charge is 2.11. The zero-order valence-electron chi connectivity index (χ0n) is 9.59. The van der Waals surface area contributed by atoms with E-state index in [2.05, 4.69) is 22.9 Å². The second kappa shape index (κ2) is 4.48. The molecule has 3 rings (SSSR count). The average Bonchev–Trinajstić information content (AvgIpc) is 3.02. The van der Waals surface area contributed by atoms with E-state index in [1.165, 1.54) is 9.75 Å². The van der Waals surface area contributed by atoms with Crippen LogP contribution in [-0.2, 0) is 0 Å². The molecular weight excluding hydrogens is 260 g/mol. The summed E-state index contributed by atoms with van der Waals surface area (Å²) in [5.41, 5.74) is 15.4. The van der Waals surface area contributed by atoms with Crippen molar-refractivity contribution in [3.8, 4) is 20.9 Å². The maximum atomic E-state index is 5.93.